The van der Waals surface area contributed by atoms with Crippen LogP contribution in [0.3, 0.4) is 0 Å². The molecule has 0 aliphatic heterocycles. The van der Waals surface area contributed by atoms with Crippen molar-refractivity contribution < 1.29 is 24.2 Å². The van der Waals surface area contributed by atoms with E-state index in [1.54, 1.807) is 4.90 Å². The molecule has 1 fully saturated rings. The average molecular weight is 479 g/mol. The van der Waals surface area contributed by atoms with Crippen molar-refractivity contribution in [1.82, 2.24) is 10.2 Å². The van der Waals surface area contributed by atoms with Crippen LogP contribution >= 0.6 is 0 Å². The second kappa shape index (κ2) is 10.5. The number of hydrogen-bond donors (Lipinski definition) is 2. The highest BCUT2D eigenvalue weighted by Crippen LogP contribution is 2.44. The molecule has 0 saturated heterocycles. The number of carboxylic acids is 1. The van der Waals surface area contributed by atoms with Gasteiger partial charge in [-0.1, -0.05) is 48.5 Å². The number of ether oxygens (including phenoxy) is 1. The largest absolute Gasteiger partial charge is 0.481 e. The van der Waals surface area contributed by atoms with Gasteiger partial charge in [0, 0.05) is 24.9 Å². The maximum Gasteiger partial charge on any atom is 0.407 e. The summed E-state index contributed by atoms with van der Waals surface area (Å²) < 4.78 is 5.71. The van der Waals surface area contributed by atoms with Crippen molar-refractivity contribution in [2.45, 2.75) is 69.9 Å². The van der Waals surface area contributed by atoms with Gasteiger partial charge < -0.3 is 20.1 Å². The number of alkyl carbamates (subject to hydrolysis) is 1. The van der Waals surface area contributed by atoms with Crippen LogP contribution in [0.2, 0.25) is 0 Å². The number of aliphatic carboxylic acids is 1. The van der Waals surface area contributed by atoms with Crippen molar-refractivity contribution >= 4 is 18.0 Å². The molecule has 2 N–H and O–H groups in total. The number of nitrogens with one attached hydrogen (secondary N) is 1. The first-order valence-corrected chi connectivity index (χ1v) is 12.4. The summed E-state index contributed by atoms with van der Waals surface area (Å²) in [7, 11) is 0. The third-order valence-corrected chi connectivity index (χ3v) is 7.24. The van der Waals surface area contributed by atoms with Crippen molar-refractivity contribution in [3.63, 3.8) is 0 Å². The lowest BCUT2D eigenvalue weighted by molar-refractivity contribution is -0.139. The Morgan fingerprint density at radius 2 is 1.66 bits per heavy atom. The van der Waals surface area contributed by atoms with E-state index in [2.05, 4.69) is 29.6 Å². The van der Waals surface area contributed by atoms with Gasteiger partial charge in [-0.25, -0.2) is 4.79 Å². The van der Waals surface area contributed by atoms with E-state index in [0.717, 1.165) is 30.4 Å². The van der Waals surface area contributed by atoms with Crippen molar-refractivity contribution in [3.05, 3.63) is 59.7 Å². The van der Waals surface area contributed by atoms with Crippen LogP contribution in [-0.4, -0.2) is 52.7 Å². The van der Waals surface area contributed by atoms with Crippen LogP contribution in [0.1, 0.15) is 69.4 Å². The van der Waals surface area contributed by atoms with E-state index in [9.17, 15) is 14.4 Å². The summed E-state index contributed by atoms with van der Waals surface area (Å²) in [5, 5.41) is 11.9. The first kappa shape index (κ1) is 24.8. The predicted molar refractivity (Wildman–Crippen MR) is 133 cm³/mol. The minimum absolute atomic E-state index is 0.0159. The van der Waals surface area contributed by atoms with Crippen LogP contribution in [0.15, 0.2) is 48.5 Å². The molecule has 4 rings (SSSR count). The van der Waals surface area contributed by atoms with Crippen molar-refractivity contribution in [3.8, 4) is 11.1 Å². The van der Waals surface area contributed by atoms with Gasteiger partial charge in [0.2, 0.25) is 5.91 Å². The molecule has 0 aromatic heterocycles. The third kappa shape index (κ3) is 5.50. The number of hydrogen-bond acceptors (Lipinski definition) is 4. The van der Waals surface area contributed by atoms with Crippen LogP contribution in [0, 0.1) is 0 Å². The molecule has 0 unspecified atom stereocenters. The van der Waals surface area contributed by atoms with Crippen LogP contribution < -0.4 is 5.32 Å². The second-order valence-corrected chi connectivity index (χ2v) is 9.94. The molecule has 35 heavy (non-hydrogen) atoms. The smallest absolute Gasteiger partial charge is 0.407 e. The first-order chi connectivity index (χ1) is 16.8. The number of carboxylic acid groups (broad SMARTS) is 1. The lowest BCUT2D eigenvalue weighted by Gasteiger charge is -2.43. The predicted octanol–water partition coefficient (Wildman–Crippen LogP) is 4.94. The topological polar surface area (TPSA) is 95.9 Å². The standard InChI is InChI=1S/C28H34N2O5/c1-19(2)30(16-7-13-26(32)33)25(31)17-28(14-8-15-28)29-27(34)35-18-24-22-11-5-3-9-20(22)21-10-4-6-12-23(21)24/h3-6,9-12,19,24H,7-8,13-18H2,1-2H3,(H,29,34)(H,32,33). The van der Waals surface area contributed by atoms with E-state index in [-0.39, 0.29) is 37.3 Å². The van der Waals surface area contributed by atoms with Gasteiger partial charge >= 0.3 is 12.1 Å². The summed E-state index contributed by atoms with van der Waals surface area (Å²) in [4.78, 5) is 38.5. The van der Waals surface area contributed by atoms with Gasteiger partial charge in [0.25, 0.3) is 0 Å². The van der Waals surface area contributed by atoms with Gasteiger partial charge in [0.05, 0.1) is 12.0 Å². The number of carbonyl (C=O) groups is 3. The molecule has 0 bridgehead atoms. The van der Waals surface area contributed by atoms with Gasteiger partial charge in [-0.2, -0.15) is 0 Å². The lowest BCUT2D eigenvalue weighted by atomic mass is 9.74. The van der Waals surface area contributed by atoms with E-state index in [1.807, 2.05) is 38.1 Å². The van der Waals surface area contributed by atoms with Crippen molar-refractivity contribution in [2.24, 2.45) is 0 Å². The zero-order valence-electron chi connectivity index (χ0n) is 20.5. The van der Waals surface area contributed by atoms with Gasteiger partial charge in [-0.15, -0.1) is 0 Å². The van der Waals surface area contributed by atoms with Crippen molar-refractivity contribution in [1.29, 1.82) is 0 Å². The minimum Gasteiger partial charge on any atom is -0.481 e. The van der Waals surface area contributed by atoms with Gasteiger partial charge in [0.1, 0.15) is 6.61 Å². The van der Waals surface area contributed by atoms with Crippen LogP contribution in [0.25, 0.3) is 11.1 Å². The molecule has 7 nitrogen and oxygen atoms in total. The highest BCUT2D eigenvalue weighted by atomic mass is 16.5. The normalized spacial score (nSPS) is 15.6. The molecule has 2 amide bonds. The number of carbonyl (C=O) groups excluding carboxylic acids is 2. The Bertz CT molecular complexity index is 1050. The molecule has 2 aliphatic carbocycles. The lowest BCUT2D eigenvalue weighted by Crippen LogP contribution is -2.56. The molecule has 0 spiro atoms. The Morgan fingerprint density at radius 3 is 2.17 bits per heavy atom. The quantitative estimate of drug-likeness (QED) is 0.504. The zero-order chi connectivity index (χ0) is 25.0. The number of fused-ring (bicyclic) bond motifs is 3. The highest BCUT2D eigenvalue weighted by Gasteiger charge is 2.42. The Morgan fingerprint density at radius 1 is 1.06 bits per heavy atom. The maximum absolute atomic E-state index is 13.1. The summed E-state index contributed by atoms with van der Waals surface area (Å²) in [5.74, 6) is -0.949. The molecule has 1 saturated carbocycles. The SMILES string of the molecule is CC(C)N(CCCC(=O)O)C(=O)CC1(NC(=O)OCC2c3ccccc3-c3ccccc32)CCC1. The third-order valence-electron chi connectivity index (χ3n) is 7.24. The minimum atomic E-state index is -0.867. The zero-order valence-corrected chi connectivity index (χ0v) is 20.5. The highest BCUT2D eigenvalue weighted by molar-refractivity contribution is 5.80. The molecule has 2 aromatic carbocycles. The molecular formula is C28H34N2O5. The fourth-order valence-electron chi connectivity index (χ4n) is 5.26. The summed E-state index contributed by atoms with van der Waals surface area (Å²) in [6.07, 6.45) is 2.53. The van der Waals surface area contributed by atoms with E-state index in [0.29, 0.717) is 13.0 Å². The molecular weight excluding hydrogens is 444 g/mol. The monoisotopic (exact) mass is 478 g/mol. The molecule has 0 atom stereocenters. The molecule has 2 aliphatic rings. The van der Waals surface area contributed by atoms with Crippen LogP contribution in [0.5, 0.6) is 0 Å². The van der Waals surface area contributed by atoms with E-state index in [1.165, 1.54) is 11.1 Å². The maximum atomic E-state index is 13.1. The molecule has 0 heterocycles. The average Bonchev–Trinajstić information content (AvgIpc) is 3.12. The summed E-state index contributed by atoms with van der Waals surface area (Å²) in [6, 6.07) is 16.4. The van der Waals surface area contributed by atoms with E-state index in [4.69, 9.17) is 9.84 Å². The van der Waals surface area contributed by atoms with Crippen molar-refractivity contribution in [2.75, 3.05) is 13.2 Å². The first-order valence-electron chi connectivity index (χ1n) is 12.4. The Balaban J connectivity index is 1.36. The Kier molecular flexibility index (Phi) is 7.43. The summed E-state index contributed by atoms with van der Waals surface area (Å²) in [6.45, 7) is 4.47. The Hall–Kier alpha value is -3.35. The molecule has 7 heteroatoms. The van der Waals surface area contributed by atoms with Crippen LogP contribution in [0.4, 0.5) is 4.79 Å². The van der Waals surface area contributed by atoms with Gasteiger partial charge in [-0.05, 0) is 61.8 Å². The van der Waals surface area contributed by atoms with Gasteiger partial charge in [0.15, 0.2) is 0 Å². The molecule has 0 radical (unpaired) electrons. The molecule has 186 valence electrons. The fourth-order valence-corrected chi connectivity index (χ4v) is 5.26. The van der Waals surface area contributed by atoms with Gasteiger partial charge in [-0.3, -0.25) is 9.59 Å². The van der Waals surface area contributed by atoms with E-state index >= 15 is 0 Å². The number of amides is 2. The number of rotatable bonds is 10. The summed E-state index contributed by atoms with van der Waals surface area (Å²) in [5.41, 5.74) is 4.07. The fraction of sp³-hybridized carbons (Fsp3) is 0.464. The second-order valence-electron chi connectivity index (χ2n) is 9.94. The molecule has 2 aromatic rings. The van der Waals surface area contributed by atoms with Crippen LogP contribution in [-0.2, 0) is 14.3 Å². The number of nitrogens with zero attached hydrogens (tertiary/aromatic N) is 1. The summed E-state index contributed by atoms with van der Waals surface area (Å²) >= 11 is 0. The Labute approximate surface area is 206 Å². The number of benzene rings is 2. The van der Waals surface area contributed by atoms with E-state index < -0.39 is 17.6 Å².